The molecule has 0 radical (unpaired) electrons. The third-order valence-corrected chi connectivity index (χ3v) is 3.98. The van der Waals surface area contributed by atoms with Crippen molar-refractivity contribution in [1.29, 1.82) is 0 Å². The van der Waals surface area contributed by atoms with Crippen LogP contribution >= 0.6 is 11.3 Å². The summed E-state index contributed by atoms with van der Waals surface area (Å²) in [5.74, 6) is 0. The highest BCUT2D eigenvalue weighted by Gasteiger charge is 2.10. The molecule has 2 rings (SSSR count). The van der Waals surface area contributed by atoms with Crippen molar-refractivity contribution >= 4 is 11.3 Å². The molecule has 98 valence electrons. The number of rotatable bonds is 6. The van der Waals surface area contributed by atoms with Crippen LogP contribution in [-0.4, -0.2) is 14.8 Å². The zero-order valence-corrected chi connectivity index (χ0v) is 12.0. The molecular formula is C13H20N4S. The second-order valence-electron chi connectivity index (χ2n) is 4.48. The first-order valence-electron chi connectivity index (χ1n) is 6.36. The second kappa shape index (κ2) is 6.11. The summed E-state index contributed by atoms with van der Waals surface area (Å²) in [4.78, 5) is 4.50. The van der Waals surface area contributed by atoms with Gasteiger partial charge in [-0.2, -0.15) is 5.10 Å². The molecule has 18 heavy (non-hydrogen) atoms. The number of nitrogens with one attached hydrogen (secondary N) is 1. The average Bonchev–Trinajstić information content (AvgIpc) is 2.96. The summed E-state index contributed by atoms with van der Waals surface area (Å²) in [6.07, 6.45) is 2.97. The fourth-order valence-corrected chi connectivity index (χ4v) is 2.67. The summed E-state index contributed by atoms with van der Waals surface area (Å²) in [6.45, 7) is 8.16. The summed E-state index contributed by atoms with van der Waals surface area (Å²) in [5.41, 5.74) is 2.33. The maximum atomic E-state index is 4.50. The first-order chi connectivity index (χ1) is 8.70. The standard InChI is InChI=1S/C13H20N4S/c1-4-7-17-12(5-6-15-17)8-14-11(3)13-16-10(2)9-18-13/h5-6,9,11,14H,4,7-8H2,1-3H3. The number of hydrogen-bond acceptors (Lipinski definition) is 4. The van der Waals surface area contributed by atoms with Gasteiger partial charge in [0.15, 0.2) is 0 Å². The van der Waals surface area contributed by atoms with E-state index in [2.05, 4.69) is 45.4 Å². The number of aromatic nitrogens is 3. The van der Waals surface area contributed by atoms with Crippen molar-refractivity contribution in [3.05, 3.63) is 34.0 Å². The quantitative estimate of drug-likeness (QED) is 0.872. The molecule has 0 saturated heterocycles. The molecule has 0 aliphatic rings. The van der Waals surface area contributed by atoms with E-state index >= 15 is 0 Å². The highest BCUT2D eigenvalue weighted by atomic mass is 32.1. The molecule has 2 heterocycles. The van der Waals surface area contributed by atoms with Gasteiger partial charge in [0, 0.05) is 30.4 Å². The number of thiazole rings is 1. The molecular weight excluding hydrogens is 244 g/mol. The Morgan fingerprint density at radius 1 is 1.50 bits per heavy atom. The molecule has 0 bridgehead atoms. The average molecular weight is 264 g/mol. The highest BCUT2D eigenvalue weighted by Crippen LogP contribution is 2.17. The Morgan fingerprint density at radius 3 is 3.00 bits per heavy atom. The topological polar surface area (TPSA) is 42.7 Å². The molecule has 0 aromatic carbocycles. The highest BCUT2D eigenvalue weighted by molar-refractivity contribution is 7.09. The third kappa shape index (κ3) is 3.17. The molecule has 0 aliphatic carbocycles. The van der Waals surface area contributed by atoms with E-state index in [1.54, 1.807) is 11.3 Å². The van der Waals surface area contributed by atoms with E-state index in [-0.39, 0.29) is 6.04 Å². The van der Waals surface area contributed by atoms with E-state index in [1.165, 1.54) is 5.69 Å². The Hall–Kier alpha value is -1.20. The van der Waals surface area contributed by atoms with Gasteiger partial charge >= 0.3 is 0 Å². The Labute approximate surface area is 112 Å². The fourth-order valence-electron chi connectivity index (χ4n) is 1.84. The van der Waals surface area contributed by atoms with Gasteiger partial charge in [-0.25, -0.2) is 4.98 Å². The zero-order valence-electron chi connectivity index (χ0n) is 11.2. The van der Waals surface area contributed by atoms with Gasteiger partial charge in [-0.15, -0.1) is 11.3 Å². The van der Waals surface area contributed by atoms with Crippen LogP contribution in [0.3, 0.4) is 0 Å². The first-order valence-corrected chi connectivity index (χ1v) is 7.24. The van der Waals surface area contributed by atoms with Crippen LogP contribution < -0.4 is 5.32 Å². The van der Waals surface area contributed by atoms with Crippen molar-refractivity contribution in [1.82, 2.24) is 20.1 Å². The SMILES string of the molecule is CCCn1nccc1CNC(C)c1nc(C)cs1. The maximum absolute atomic E-state index is 4.50. The Balaban J connectivity index is 1.92. The molecule has 0 amide bonds. The van der Waals surface area contributed by atoms with E-state index in [0.717, 1.165) is 30.2 Å². The van der Waals surface area contributed by atoms with E-state index in [1.807, 2.05) is 13.1 Å². The normalized spacial score (nSPS) is 12.8. The van der Waals surface area contributed by atoms with Crippen LogP contribution in [0, 0.1) is 6.92 Å². The molecule has 5 heteroatoms. The van der Waals surface area contributed by atoms with Gasteiger partial charge in [-0.1, -0.05) is 6.92 Å². The van der Waals surface area contributed by atoms with Gasteiger partial charge in [0.05, 0.1) is 11.7 Å². The van der Waals surface area contributed by atoms with Gasteiger partial charge in [-0.05, 0) is 26.3 Å². The van der Waals surface area contributed by atoms with Crippen molar-refractivity contribution in [2.75, 3.05) is 0 Å². The van der Waals surface area contributed by atoms with Crippen LogP contribution in [0.1, 0.15) is 42.7 Å². The number of nitrogens with zero attached hydrogens (tertiary/aromatic N) is 3. The van der Waals surface area contributed by atoms with Crippen molar-refractivity contribution in [3.63, 3.8) is 0 Å². The Bertz CT molecular complexity index is 489. The first kappa shape index (κ1) is 13.2. The summed E-state index contributed by atoms with van der Waals surface area (Å²) >= 11 is 1.71. The van der Waals surface area contributed by atoms with Crippen LogP contribution in [0.15, 0.2) is 17.6 Å². The molecule has 0 saturated carbocycles. The molecule has 2 aromatic rings. The van der Waals surface area contributed by atoms with Gasteiger partial charge in [0.2, 0.25) is 0 Å². The maximum Gasteiger partial charge on any atom is 0.110 e. The van der Waals surface area contributed by atoms with Gasteiger partial charge in [0.1, 0.15) is 5.01 Å². The number of hydrogen-bond donors (Lipinski definition) is 1. The minimum atomic E-state index is 0.286. The fraction of sp³-hybridized carbons (Fsp3) is 0.538. The minimum Gasteiger partial charge on any atom is -0.302 e. The van der Waals surface area contributed by atoms with Crippen molar-refractivity contribution in [3.8, 4) is 0 Å². The van der Waals surface area contributed by atoms with Crippen LogP contribution in [0.5, 0.6) is 0 Å². The predicted molar refractivity (Wildman–Crippen MR) is 74.6 cm³/mol. The lowest BCUT2D eigenvalue weighted by atomic mass is 10.3. The smallest absolute Gasteiger partial charge is 0.110 e. The van der Waals surface area contributed by atoms with Crippen LogP contribution in [0.2, 0.25) is 0 Å². The summed E-state index contributed by atoms with van der Waals surface area (Å²) in [5, 5.41) is 11.1. The summed E-state index contributed by atoms with van der Waals surface area (Å²) in [6, 6.07) is 2.36. The molecule has 2 aromatic heterocycles. The zero-order chi connectivity index (χ0) is 13.0. The lowest BCUT2D eigenvalue weighted by Gasteiger charge is -2.12. The molecule has 1 N–H and O–H groups in total. The third-order valence-electron chi connectivity index (χ3n) is 2.84. The summed E-state index contributed by atoms with van der Waals surface area (Å²) < 4.78 is 2.06. The Kier molecular flexibility index (Phi) is 4.49. The van der Waals surface area contributed by atoms with Crippen molar-refractivity contribution in [2.24, 2.45) is 0 Å². The van der Waals surface area contributed by atoms with Gasteiger partial charge < -0.3 is 5.32 Å². The van der Waals surface area contributed by atoms with E-state index in [9.17, 15) is 0 Å². The number of aryl methyl sites for hydroxylation is 2. The van der Waals surface area contributed by atoms with E-state index < -0.39 is 0 Å². The monoisotopic (exact) mass is 264 g/mol. The molecule has 0 fully saturated rings. The van der Waals surface area contributed by atoms with Crippen LogP contribution in [-0.2, 0) is 13.1 Å². The van der Waals surface area contributed by atoms with Gasteiger partial charge in [0.25, 0.3) is 0 Å². The largest absolute Gasteiger partial charge is 0.302 e. The lowest BCUT2D eigenvalue weighted by Crippen LogP contribution is -2.20. The molecule has 4 nitrogen and oxygen atoms in total. The molecule has 1 atom stereocenters. The Morgan fingerprint density at radius 2 is 2.33 bits per heavy atom. The van der Waals surface area contributed by atoms with Gasteiger partial charge in [-0.3, -0.25) is 4.68 Å². The molecule has 1 unspecified atom stereocenters. The van der Waals surface area contributed by atoms with Crippen molar-refractivity contribution < 1.29 is 0 Å². The van der Waals surface area contributed by atoms with E-state index in [4.69, 9.17) is 0 Å². The second-order valence-corrected chi connectivity index (χ2v) is 5.37. The predicted octanol–water partition coefficient (Wildman–Crippen LogP) is 2.91. The summed E-state index contributed by atoms with van der Waals surface area (Å²) in [7, 11) is 0. The van der Waals surface area contributed by atoms with Crippen LogP contribution in [0.25, 0.3) is 0 Å². The minimum absolute atomic E-state index is 0.286. The van der Waals surface area contributed by atoms with Crippen LogP contribution in [0.4, 0.5) is 0 Å². The van der Waals surface area contributed by atoms with E-state index in [0.29, 0.717) is 0 Å². The molecule has 0 aliphatic heterocycles. The van der Waals surface area contributed by atoms with Crippen molar-refractivity contribution in [2.45, 2.75) is 46.3 Å². The molecule has 0 spiro atoms. The lowest BCUT2D eigenvalue weighted by molar-refractivity contribution is 0.515.